The zero-order valence-corrected chi connectivity index (χ0v) is 16.2. The van der Waals surface area contributed by atoms with Gasteiger partial charge in [0.05, 0.1) is 23.8 Å². The molecule has 0 saturated carbocycles. The van der Waals surface area contributed by atoms with E-state index in [1.807, 2.05) is 49.6 Å². The van der Waals surface area contributed by atoms with Crippen LogP contribution in [0.2, 0.25) is 0 Å². The fourth-order valence-electron chi connectivity index (χ4n) is 2.69. The first-order valence-corrected chi connectivity index (χ1v) is 9.73. The molecule has 1 aliphatic carbocycles. The number of rotatable bonds is 5. The van der Waals surface area contributed by atoms with Gasteiger partial charge < -0.3 is 4.74 Å². The van der Waals surface area contributed by atoms with Crippen LogP contribution in [0.4, 0.5) is 14.5 Å². The Morgan fingerprint density at radius 2 is 1.89 bits per heavy atom. The van der Waals surface area contributed by atoms with E-state index < -0.39 is 11.6 Å². The summed E-state index contributed by atoms with van der Waals surface area (Å²) in [5.74, 6) is -0.234. The molecule has 1 aliphatic rings. The molecule has 0 bridgehead atoms. The number of ether oxygens (including phenoxy) is 1. The van der Waals surface area contributed by atoms with Crippen molar-refractivity contribution in [2.75, 3.05) is 6.61 Å². The summed E-state index contributed by atoms with van der Waals surface area (Å²) in [6.07, 6.45) is 3.48. The van der Waals surface area contributed by atoms with Crippen molar-refractivity contribution in [1.29, 1.82) is 0 Å². The van der Waals surface area contributed by atoms with Gasteiger partial charge in [-0.15, -0.1) is 0 Å². The highest BCUT2D eigenvalue weighted by Gasteiger charge is 2.16. The molecule has 0 spiro atoms. The molecule has 0 unspecified atom stereocenters. The van der Waals surface area contributed by atoms with Crippen LogP contribution in [0.5, 0.6) is 0 Å². The minimum absolute atomic E-state index is 0.387. The number of halogens is 2. The van der Waals surface area contributed by atoms with E-state index in [4.69, 9.17) is 9.73 Å². The van der Waals surface area contributed by atoms with Gasteiger partial charge in [0, 0.05) is 23.5 Å². The maximum absolute atomic E-state index is 13.9. The van der Waals surface area contributed by atoms with Crippen molar-refractivity contribution < 1.29 is 13.5 Å². The number of aryl methyl sites for hydroxylation is 1. The number of hydrogen-bond acceptors (Lipinski definition) is 3. The molecule has 0 atom stereocenters. The summed E-state index contributed by atoms with van der Waals surface area (Å²) in [7, 11) is 0. The van der Waals surface area contributed by atoms with Crippen LogP contribution >= 0.6 is 11.8 Å². The minimum Gasteiger partial charge on any atom is -0.498 e. The van der Waals surface area contributed by atoms with E-state index in [-0.39, 0.29) is 0 Å². The summed E-state index contributed by atoms with van der Waals surface area (Å²) < 4.78 is 32.6. The average molecular weight is 385 g/mol. The standard InChI is InChI=1S/C22H21F2NOS/c1-3-26-19-10-6-16(14-27-22-11-7-17(23)12-20(22)24)21(13-19)25-18-8-4-15(2)5-9-18/h4-5,7-9,11-14H,3,6,10H2,1-2H3/b16-14-,25-21-. The van der Waals surface area contributed by atoms with Crippen LogP contribution in [0, 0.1) is 18.6 Å². The lowest BCUT2D eigenvalue weighted by Gasteiger charge is -2.18. The van der Waals surface area contributed by atoms with Crippen LogP contribution in [-0.2, 0) is 4.74 Å². The molecular weight excluding hydrogens is 364 g/mol. The third-order valence-electron chi connectivity index (χ3n) is 4.10. The van der Waals surface area contributed by atoms with Crippen LogP contribution in [-0.4, -0.2) is 12.3 Å². The van der Waals surface area contributed by atoms with Gasteiger partial charge in [-0.05, 0) is 55.5 Å². The van der Waals surface area contributed by atoms with Gasteiger partial charge in [0.1, 0.15) is 11.6 Å². The zero-order valence-electron chi connectivity index (χ0n) is 15.3. The minimum atomic E-state index is -0.576. The van der Waals surface area contributed by atoms with Gasteiger partial charge in [0.25, 0.3) is 0 Å². The molecule has 0 fully saturated rings. The molecule has 0 saturated heterocycles. The summed E-state index contributed by atoms with van der Waals surface area (Å²) in [6, 6.07) is 11.6. The Labute approximate surface area is 162 Å². The molecule has 3 rings (SSSR count). The second-order valence-corrected chi connectivity index (χ2v) is 7.12. The molecule has 2 nitrogen and oxygen atoms in total. The Bertz CT molecular complexity index is 901. The van der Waals surface area contributed by atoms with E-state index >= 15 is 0 Å². The smallest absolute Gasteiger partial charge is 0.140 e. The fourth-order valence-corrected chi connectivity index (χ4v) is 3.52. The summed E-state index contributed by atoms with van der Waals surface area (Å²) in [5, 5.41) is 1.89. The predicted octanol–water partition coefficient (Wildman–Crippen LogP) is 6.74. The predicted molar refractivity (Wildman–Crippen MR) is 108 cm³/mol. The van der Waals surface area contributed by atoms with E-state index in [0.29, 0.717) is 11.5 Å². The number of hydrogen-bond donors (Lipinski definition) is 0. The topological polar surface area (TPSA) is 21.6 Å². The number of thioether (sulfide) groups is 1. The average Bonchev–Trinajstić information content (AvgIpc) is 2.64. The van der Waals surface area contributed by atoms with E-state index in [2.05, 4.69) is 0 Å². The van der Waals surface area contributed by atoms with Gasteiger partial charge in [-0.3, -0.25) is 0 Å². The monoisotopic (exact) mass is 385 g/mol. The van der Waals surface area contributed by atoms with Gasteiger partial charge >= 0.3 is 0 Å². The SMILES string of the molecule is CCOC1=CC(=N/c2ccc(C)cc2)/C(=C\Sc2ccc(F)cc2F)CC1. The van der Waals surface area contributed by atoms with Crippen molar-refractivity contribution in [2.45, 2.75) is 31.6 Å². The van der Waals surface area contributed by atoms with Gasteiger partial charge in [0.15, 0.2) is 0 Å². The molecule has 2 aromatic carbocycles. The number of aliphatic imine (C=N–C) groups is 1. The van der Waals surface area contributed by atoms with Crippen molar-refractivity contribution in [3.05, 3.63) is 82.5 Å². The Morgan fingerprint density at radius 3 is 2.59 bits per heavy atom. The maximum atomic E-state index is 13.9. The maximum Gasteiger partial charge on any atom is 0.140 e. The highest BCUT2D eigenvalue weighted by Crippen LogP contribution is 2.30. The highest BCUT2D eigenvalue weighted by atomic mass is 32.2. The normalized spacial score (nSPS) is 17.3. The lowest BCUT2D eigenvalue weighted by atomic mass is 9.99. The molecule has 0 aromatic heterocycles. The highest BCUT2D eigenvalue weighted by molar-refractivity contribution is 8.02. The van der Waals surface area contributed by atoms with Crippen molar-refractivity contribution in [1.82, 2.24) is 0 Å². The van der Waals surface area contributed by atoms with E-state index in [1.165, 1.54) is 29.5 Å². The second-order valence-electron chi connectivity index (χ2n) is 6.21. The first kappa shape index (κ1) is 19.4. The summed E-state index contributed by atoms with van der Waals surface area (Å²) in [4.78, 5) is 5.13. The zero-order chi connectivity index (χ0) is 19.2. The second kappa shape index (κ2) is 9.00. The van der Waals surface area contributed by atoms with Crippen molar-refractivity contribution in [3.8, 4) is 0 Å². The molecule has 27 heavy (non-hydrogen) atoms. The van der Waals surface area contributed by atoms with Gasteiger partial charge in [-0.1, -0.05) is 29.5 Å². The summed E-state index contributed by atoms with van der Waals surface area (Å²) in [5.41, 5.74) is 3.84. The van der Waals surface area contributed by atoms with Crippen LogP contribution in [0.3, 0.4) is 0 Å². The van der Waals surface area contributed by atoms with Crippen LogP contribution in [0.1, 0.15) is 25.3 Å². The quantitative estimate of drug-likeness (QED) is 0.532. The number of allylic oxidation sites excluding steroid dienone is 3. The lowest BCUT2D eigenvalue weighted by Crippen LogP contribution is -2.09. The fraction of sp³-hybridized carbons (Fsp3) is 0.227. The summed E-state index contributed by atoms with van der Waals surface area (Å²) >= 11 is 1.24. The number of benzene rings is 2. The Kier molecular flexibility index (Phi) is 6.45. The Hall–Kier alpha value is -2.40. The van der Waals surface area contributed by atoms with Crippen molar-refractivity contribution in [3.63, 3.8) is 0 Å². The molecule has 5 heteroatoms. The van der Waals surface area contributed by atoms with Gasteiger partial charge in [-0.25, -0.2) is 13.8 Å². The molecular formula is C22H21F2NOS. The van der Waals surface area contributed by atoms with Crippen LogP contribution < -0.4 is 0 Å². The Morgan fingerprint density at radius 1 is 1.11 bits per heavy atom. The third kappa shape index (κ3) is 5.30. The van der Waals surface area contributed by atoms with E-state index in [0.717, 1.165) is 41.6 Å². The first-order chi connectivity index (χ1) is 13.0. The molecule has 2 aromatic rings. The largest absolute Gasteiger partial charge is 0.498 e. The van der Waals surface area contributed by atoms with Crippen LogP contribution in [0.25, 0.3) is 0 Å². The first-order valence-electron chi connectivity index (χ1n) is 8.85. The number of nitrogens with zero attached hydrogens (tertiary/aromatic N) is 1. The van der Waals surface area contributed by atoms with Gasteiger partial charge in [0.2, 0.25) is 0 Å². The van der Waals surface area contributed by atoms with Gasteiger partial charge in [-0.2, -0.15) is 0 Å². The van der Waals surface area contributed by atoms with E-state index in [9.17, 15) is 8.78 Å². The molecule has 0 radical (unpaired) electrons. The molecule has 0 N–H and O–H groups in total. The van der Waals surface area contributed by atoms with Crippen LogP contribution in [0.15, 0.2) is 75.2 Å². The molecule has 0 aliphatic heterocycles. The lowest BCUT2D eigenvalue weighted by molar-refractivity contribution is 0.218. The Balaban J connectivity index is 1.90. The molecule has 0 heterocycles. The van der Waals surface area contributed by atoms with Crippen molar-refractivity contribution in [2.24, 2.45) is 4.99 Å². The molecule has 140 valence electrons. The van der Waals surface area contributed by atoms with E-state index in [1.54, 1.807) is 0 Å². The summed E-state index contributed by atoms with van der Waals surface area (Å²) in [6.45, 7) is 4.60. The van der Waals surface area contributed by atoms with Crippen molar-refractivity contribution >= 4 is 23.2 Å². The molecule has 0 amide bonds. The third-order valence-corrected chi connectivity index (χ3v) is 5.09.